The second-order valence-electron chi connectivity index (χ2n) is 7.04. The number of anilines is 2. The Kier molecular flexibility index (Phi) is 6.70. The first-order chi connectivity index (χ1) is 13.8. The van der Waals surface area contributed by atoms with Gasteiger partial charge in [0, 0.05) is 13.1 Å². The van der Waals surface area contributed by atoms with Gasteiger partial charge in [0.15, 0.2) is 6.61 Å². The molecule has 28 heavy (non-hydrogen) atoms. The Morgan fingerprint density at radius 3 is 2.46 bits per heavy atom. The fourth-order valence-corrected chi connectivity index (χ4v) is 6.44. The first-order valence-corrected chi connectivity index (χ1v) is 12.0. The van der Waals surface area contributed by atoms with E-state index in [0.717, 1.165) is 30.2 Å². The van der Waals surface area contributed by atoms with Crippen LogP contribution in [0.15, 0.2) is 48.5 Å². The van der Waals surface area contributed by atoms with Crippen LogP contribution in [-0.2, 0) is 4.79 Å². The van der Waals surface area contributed by atoms with Gasteiger partial charge in [0.1, 0.15) is 5.75 Å². The molecule has 0 spiro atoms. The minimum atomic E-state index is -0.130. The number of ether oxygens (including phenoxy) is 1. The second kappa shape index (κ2) is 9.61. The molecule has 0 saturated carbocycles. The number of nitrogens with one attached hydrogen (secondary N) is 1. The molecule has 1 N–H and O–H groups in total. The van der Waals surface area contributed by atoms with Gasteiger partial charge in [-0.05, 0) is 60.6 Å². The third kappa shape index (κ3) is 4.97. The van der Waals surface area contributed by atoms with E-state index in [4.69, 9.17) is 4.74 Å². The Balaban J connectivity index is 1.31. The highest BCUT2D eigenvalue weighted by atomic mass is 32.2. The molecule has 0 radical (unpaired) electrons. The smallest absolute Gasteiger partial charge is 0.262 e. The Morgan fingerprint density at radius 1 is 1.00 bits per heavy atom. The van der Waals surface area contributed by atoms with Crippen LogP contribution in [0.1, 0.15) is 29.4 Å². The van der Waals surface area contributed by atoms with Crippen molar-refractivity contribution in [3.63, 3.8) is 0 Å². The maximum absolute atomic E-state index is 12.4. The van der Waals surface area contributed by atoms with Gasteiger partial charge in [-0.15, -0.1) is 23.5 Å². The number of rotatable bonds is 6. The molecule has 0 aliphatic carbocycles. The minimum Gasteiger partial charge on any atom is -0.484 e. The number of nitrogens with zero attached hydrogens (tertiary/aromatic N) is 1. The summed E-state index contributed by atoms with van der Waals surface area (Å²) >= 11 is 4.01. The van der Waals surface area contributed by atoms with Gasteiger partial charge >= 0.3 is 0 Å². The highest BCUT2D eigenvalue weighted by Crippen LogP contribution is 2.43. The van der Waals surface area contributed by atoms with Gasteiger partial charge in [0.05, 0.1) is 16.0 Å². The van der Waals surface area contributed by atoms with Crippen molar-refractivity contribution in [2.75, 3.05) is 41.4 Å². The molecule has 2 aliphatic rings. The molecule has 0 atom stereocenters. The number of amides is 1. The summed E-state index contributed by atoms with van der Waals surface area (Å²) in [7, 11) is 0. The molecule has 2 aliphatic heterocycles. The van der Waals surface area contributed by atoms with E-state index in [9.17, 15) is 4.79 Å². The van der Waals surface area contributed by atoms with Crippen LogP contribution < -0.4 is 15.0 Å². The molecule has 0 aromatic heterocycles. The zero-order valence-electron chi connectivity index (χ0n) is 15.9. The Labute approximate surface area is 175 Å². The molecule has 6 heteroatoms. The van der Waals surface area contributed by atoms with E-state index in [0.29, 0.717) is 4.58 Å². The molecule has 0 bridgehead atoms. The van der Waals surface area contributed by atoms with Crippen LogP contribution in [0.2, 0.25) is 0 Å². The third-order valence-electron chi connectivity index (χ3n) is 4.97. The quantitative estimate of drug-likeness (QED) is 0.706. The monoisotopic (exact) mass is 414 g/mol. The van der Waals surface area contributed by atoms with E-state index in [1.165, 1.54) is 36.3 Å². The van der Waals surface area contributed by atoms with Gasteiger partial charge in [-0.3, -0.25) is 4.79 Å². The largest absolute Gasteiger partial charge is 0.484 e. The van der Waals surface area contributed by atoms with Gasteiger partial charge in [0.2, 0.25) is 0 Å². The lowest BCUT2D eigenvalue weighted by molar-refractivity contribution is -0.118. The Hall–Kier alpha value is -1.79. The lowest BCUT2D eigenvalue weighted by Gasteiger charge is -2.22. The van der Waals surface area contributed by atoms with Gasteiger partial charge < -0.3 is 15.0 Å². The molecule has 4 rings (SSSR count). The lowest BCUT2D eigenvalue weighted by atomic mass is 10.2. The average molecular weight is 415 g/mol. The number of hydrogen-bond acceptors (Lipinski definition) is 5. The highest BCUT2D eigenvalue weighted by molar-refractivity contribution is 8.16. The average Bonchev–Trinajstić information content (AvgIpc) is 3.28. The molecule has 4 nitrogen and oxygen atoms in total. The fraction of sp³-hybridized carbons (Fsp3) is 0.409. The van der Waals surface area contributed by atoms with E-state index < -0.39 is 0 Å². The second-order valence-corrected chi connectivity index (χ2v) is 9.77. The summed E-state index contributed by atoms with van der Waals surface area (Å²) in [5, 5.41) is 3.01. The number of carbonyl (C=O) groups excluding carboxylic acids is 1. The molecule has 0 unspecified atom stereocenters. The third-order valence-corrected chi connectivity index (χ3v) is 7.99. The highest BCUT2D eigenvalue weighted by Gasteiger charge is 2.18. The summed E-state index contributed by atoms with van der Waals surface area (Å²) in [6.07, 6.45) is 3.71. The van der Waals surface area contributed by atoms with E-state index >= 15 is 0 Å². The van der Waals surface area contributed by atoms with Crippen molar-refractivity contribution in [3.8, 4) is 5.75 Å². The van der Waals surface area contributed by atoms with E-state index in [-0.39, 0.29) is 12.5 Å². The van der Waals surface area contributed by atoms with Crippen LogP contribution in [0.4, 0.5) is 11.4 Å². The maximum atomic E-state index is 12.4. The maximum Gasteiger partial charge on any atom is 0.262 e. The lowest BCUT2D eigenvalue weighted by Crippen LogP contribution is -2.24. The van der Waals surface area contributed by atoms with Crippen LogP contribution in [0, 0.1) is 0 Å². The zero-order valence-corrected chi connectivity index (χ0v) is 17.6. The van der Waals surface area contributed by atoms with Crippen molar-refractivity contribution in [1.29, 1.82) is 0 Å². The van der Waals surface area contributed by atoms with E-state index in [2.05, 4.69) is 28.4 Å². The molecule has 2 heterocycles. The number of thioether (sulfide) groups is 2. The molecule has 2 saturated heterocycles. The van der Waals surface area contributed by atoms with Crippen molar-refractivity contribution in [2.24, 2.45) is 0 Å². The summed E-state index contributed by atoms with van der Waals surface area (Å²) in [6, 6.07) is 16.2. The number of carbonyl (C=O) groups is 1. The molecular weight excluding hydrogens is 388 g/mol. The van der Waals surface area contributed by atoms with Crippen molar-refractivity contribution >= 4 is 40.8 Å². The topological polar surface area (TPSA) is 41.6 Å². The molecule has 2 fully saturated rings. The van der Waals surface area contributed by atoms with Crippen molar-refractivity contribution in [1.82, 2.24) is 0 Å². The van der Waals surface area contributed by atoms with Crippen LogP contribution in [-0.4, -0.2) is 37.1 Å². The van der Waals surface area contributed by atoms with Gasteiger partial charge in [-0.25, -0.2) is 0 Å². The summed E-state index contributed by atoms with van der Waals surface area (Å²) < 4.78 is 6.23. The molecular formula is C22H26N2O2S2. The van der Waals surface area contributed by atoms with Crippen molar-refractivity contribution in [3.05, 3.63) is 54.1 Å². The summed E-state index contributed by atoms with van der Waals surface area (Å²) in [4.78, 5) is 14.7. The first-order valence-electron chi connectivity index (χ1n) is 9.89. The predicted octanol–water partition coefficient (Wildman–Crippen LogP) is 5.17. The molecule has 2 aromatic carbocycles. The number of benzene rings is 2. The van der Waals surface area contributed by atoms with Gasteiger partial charge in [-0.2, -0.15) is 0 Å². The first kappa shape index (κ1) is 19.5. The summed E-state index contributed by atoms with van der Waals surface area (Å²) in [5.74, 6) is 3.07. The molecule has 1 amide bonds. The normalized spacial score (nSPS) is 17.5. The van der Waals surface area contributed by atoms with Crippen LogP contribution in [0.25, 0.3) is 0 Å². The van der Waals surface area contributed by atoms with Crippen molar-refractivity contribution < 1.29 is 9.53 Å². The Morgan fingerprint density at radius 2 is 1.71 bits per heavy atom. The number of hydrogen-bond donors (Lipinski definition) is 1. The predicted molar refractivity (Wildman–Crippen MR) is 121 cm³/mol. The summed E-state index contributed by atoms with van der Waals surface area (Å²) in [6.45, 7) is 2.11. The standard InChI is InChI=1S/C22H26N2O2S2/c25-21(23-19-6-1-2-7-20(19)24-12-3-4-13-24)16-26-18-10-8-17(9-11-18)22-27-14-5-15-28-22/h1-2,6-11,22H,3-5,12-16H2,(H,23,25). The van der Waals surface area contributed by atoms with Crippen LogP contribution in [0.3, 0.4) is 0 Å². The van der Waals surface area contributed by atoms with Gasteiger partial charge in [-0.1, -0.05) is 24.3 Å². The SMILES string of the molecule is O=C(COc1ccc(C2SCCCS2)cc1)Nc1ccccc1N1CCCC1. The zero-order chi connectivity index (χ0) is 19.2. The summed E-state index contributed by atoms with van der Waals surface area (Å²) in [5.41, 5.74) is 3.28. The Bertz CT molecular complexity index is 785. The van der Waals surface area contributed by atoms with E-state index in [1.807, 2.05) is 53.9 Å². The van der Waals surface area contributed by atoms with Crippen LogP contribution in [0.5, 0.6) is 5.75 Å². The van der Waals surface area contributed by atoms with Crippen LogP contribution >= 0.6 is 23.5 Å². The van der Waals surface area contributed by atoms with E-state index in [1.54, 1.807) is 0 Å². The molecule has 2 aromatic rings. The number of para-hydroxylation sites is 2. The fourth-order valence-electron chi connectivity index (χ4n) is 3.55. The molecule has 148 valence electrons. The minimum absolute atomic E-state index is 0.0145. The van der Waals surface area contributed by atoms with Crippen molar-refractivity contribution in [2.45, 2.75) is 23.8 Å². The van der Waals surface area contributed by atoms with Gasteiger partial charge in [0.25, 0.3) is 5.91 Å².